The molecule has 0 rings (SSSR count). The lowest BCUT2D eigenvalue weighted by atomic mass is 10.0. The zero-order valence-electron chi connectivity index (χ0n) is 10.4. The molecule has 0 radical (unpaired) electrons. The van der Waals surface area contributed by atoms with Gasteiger partial charge in [-0.2, -0.15) is 0 Å². The van der Waals surface area contributed by atoms with Crippen LogP contribution in [-0.2, 0) is 0 Å². The largest absolute Gasteiger partial charge is 0.389 e. The molecule has 0 aliphatic carbocycles. The van der Waals surface area contributed by atoms with Crippen molar-refractivity contribution >= 4 is 0 Å². The average molecular weight is 236 g/mol. The summed E-state index contributed by atoms with van der Waals surface area (Å²) in [7, 11) is 6.99. The molecule has 0 fully saturated rings. The van der Waals surface area contributed by atoms with Gasteiger partial charge in [-0.15, -0.1) is 0 Å². The van der Waals surface area contributed by atoms with Gasteiger partial charge in [-0.3, -0.25) is 0 Å². The van der Waals surface area contributed by atoms with E-state index in [0.29, 0.717) is 0 Å². The Morgan fingerprint density at radius 1 is 0.688 bits per heavy atom. The zero-order chi connectivity index (χ0) is 12.9. The summed E-state index contributed by atoms with van der Waals surface area (Å²) in [6, 6.07) is 0. The van der Waals surface area contributed by atoms with Gasteiger partial charge < -0.3 is 30.2 Å². The lowest BCUT2D eigenvalue weighted by molar-refractivity contribution is -0.111. The molecule has 0 aromatic carbocycles. The van der Waals surface area contributed by atoms with Gasteiger partial charge >= 0.3 is 0 Å². The minimum atomic E-state index is -1.35. The van der Waals surface area contributed by atoms with Gasteiger partial charge in [-0.25, -0.2) is 0 Å². The zero-order valence-corrected chi connectivity index (χ0v) is 10.4. The third kappa shape index (κ3) is 5.74. The highest BCUT2D eigenvalue weighted by molar-refractivity contribution is 4.82. The number of rotatable bonds is 7. The van der Waals surface area contributed by atoms with E-state index in [9.17, 15) is 20.4 Å². The molecule has 0 aromatic rings. The van der Waals surface area contributed by atoms with E-state index < -0.39 is 24.4 Å². The van der Waals surface area contributed by atoms with E-state index >= 15 is 0 Å². The average Bonchev–Trinajstić information content (AvgIpc) is 2.13. The molecule has 0 heterocycles. The van der Waals surface area contributed by atoms with Crippen molar-refractivity contribution in [3.8, 4) is 0 Å². The second-order valence-corrected chi connectivity index (χ2v) is 4.64. The second-order valence-electron chi connectivity index (χ2n) is 4.64. The molecule has 0 saturated carbocycles. The van der Waals surface area contributed by atoms with E-state index in [1.165, 1.54) is 0 Å². The molecule has 98 valence electrons. The standard InChI is InChI=1S/C10H24N2O4/c1-11(2)5-7(13)9(15)10(16)8(14)6-12(3)4/h7-10,13-16H,5-6H2,1-4H3. The summed E-state index contributed by atoms with van der Waals surface area (Å²) in [5.74, 6) is 0. The number of aliphatic hydroxyl groups excluding tert-OH is 4. The van der Waals surface area contributed by atoms with Crippen molar-refractivity contribution in [2.24, 2.45) is 0 Å². The molecule has 16 heavy (non-hydrogen) atoms. The molecule has 4 atom stereocenters. The highest BCUT2D eigenvalue weighted by Crippen LogP contribution is 2.06. The van der Waals surface area contributed by atoms with Gasteiger partial charge in [0, 0.05) is 13.1 Å². The maximum Gasteiger partial charge on any atom is 0.110 e. The first-order valence-corrected chi connectivity index (χ1v) is 5.27. The van der Waals surface area contributed by atoms with E-state index in [1.807, 2.05) is 0 Å². The molecule has 0 amide bonds. The van der Waals surface area contributed by atoms with Crippen LogP contribution in [0.4, 0.5) is 0 Å². The van der Waals surface area contributed by atoms with E-state index in [-0.39, 0.29) is 13.1 Å². The Morgan fingerprint density at radius 3 is 1.12 bits per heavy atom. The molecule has 4 N–H and O–H groups in total. The predicted octanol–water partition coefficient (Wildman–Crippen LogP) is -2.45. The van der Waals surface area contributed by atoms with Gasteiger partial charge in [0.25, 0.3) is 0 Å². The smallest absolute Gasteiger partial charge is 0.110 e. The number of nitrogens with zero attached hydrogens (tertiary/aromatic N) is 2. The van der Waals surface area contributed by atoms with Gasteiger partial charge in [0.15, 0.2) is 0 Å². The first-order chi connectivity index (χ1) is 7.25. The van der Waals surface area contributed by atoms with Gasteiger partial charge in [0.2, 0.25) is 0 Å². The Balaban J connectivity index is 4.19. The Morgan fingerprint density at radius 2 is 0.938 bits per heavy atom. The minimum absolute atomic E-state index is 0.229. The maximum atomic E-state index is 9.61. The summed E-state index contributed by atoms with van der Waals surface area (Å²) in [4.78, 5) is 3.39. The highest BCUT2D eigenvalue weighted by atomic mass is 16.4. The maximum absolute atomic E-state index is 9.61. The predicted molar refractivity (Wildman–Crippen MR) is 61.1 cm³/mol. The van der Waals surface area contributed by atoms with Crippen molar-refractivity contribution < 1.29 is 20.4 Å². The first-order valence-electron chi connectivity index (χ1n) is 5.27. The van der Waals surface area contributed by atoms with E-state index in [0.717, 1.165) is 0 Å². The molecule has 6 nitrogen and oxygen atoms in total. The van der Waals surface area contributed by atoms with Crippen LogP contribution in [0.15, 0.2) is 0 Å². The topological polar surface area (TPSA) is 87.4 Å². The molecule has 6 heteroatoms. The Bertz CT molecular complexity index is 170. The third-order valence-electron chi connectivity index (χ3n) is 2.24. The molecule has 0 saturated heterocycles. The Labute approximate surface area is 96.7 Å². The number of hydrogen-bond acceptors (Lipinski definition) is 6. The van der Waals surface area contributed by atoms with Crippen molar-refractivity contribution in [3.63, 3.8) is 0 Å². The van der Waals surface area contributed by atoms with Crippen LogP contribution < -0.4 is 0 Å². The van der Waals surface area contributed by atoms with Crippen LogP contribution >= 0.6 is 0 Å². The summed E-state index contributed by atoms with van der Waals surface area (Å²) in [6.45, 7) is 0.458. The summed E-state index contributed by atoms with van der Waals surface area (Å²) in [5.41, 5.74) is 0. The summed E-state index contributed by atoms with van der Waals surface area (Å²) < 4.78 is 0. The summed E-state index contributed by atoms with van der Waals surface area (Å²) >= 11 is 0. The van der Waals surface area contributed by atoms with Gasteiger partial charge in [-0.05, 0) is 28.2 Å². The molecule has 0 aromatic heterocycles. The van der Waals surface area contributed by atoms with Crippen LogP contribution in [0.3, 0.4) is 0 Å². The number of likely N-dealkylation sites (N-methyl/N-ethyl adjacent to an activating group) is 2. The van der Waals surface area contributed by atoms with Crippen LogP contribution in [-0.4, -0.2) is 95.9 Å². The monoisotopic (exact) mass is 236 g/mol. The molecule has 0 spiro atoms. The molecule has 0 aliphatic rings. The first kappa shape index (κ1) is 15.8. The fourth-order valence-electron chi connectivity index (χ4n) is 1.42. The van der Waals surface area contributed by atoms with Crippen molar-refractivity contribution in [1.82, 2.24) is 9.80 Å². The van der Waals surface area contributed by atoms with Crippen molar-refractivity contribution in [3.05, 3.63) is 0 Å². The SMILES string of the molecule is CN(C)CC(O)C(O)C(O)C(O)CN(C)C. The summed E-state index contributed by atoms with van der Waals surface area (Å²) in [6.07, 6.45) is -4.86. The number of aliphatic hydroxyl groups is 4. The van der Waals surface area contributed by atoms with Crippen molar-refractivity contribution in [1.29, 1.82) is 0 Å². The number of hydrogen-bond donors (Lipinski definition) is 4. The third-order valence-corrected chi connectivity index (χ3v) is 2.24. The van der Waals surface area contributed by atoms with Crippen LogP contribution in [0.25, 0.3) is 0 Å². The second kappa shape index (κ2) is 7.16. The van der Waals surface area contributed by atoms with Gasteiger partial charge in [0.05, 0.1) is 12.2 Å². The fraction of sp³-hybridized carbons (Fsp3) is 1.00. The van der Waals surface area contributed by atoms with Crippen molar-refractivity contribution in [2.45, 2.75) is 24.4 Å². The molecule has 4 unspecified atom stereocenters. The van der Waals surface area contributed by atoms with E-state index in [2.05, 4.69) is 0 Å². The highest BCUT2D eigenvalue weighted by Gasteiger charge is 2.30. The van der Waals surface area contributed by atoms with E-state index in [1.54, 1.807) is 38.0 Å². The van der Waals surface area contributed by atoms with E-state index in [4.69, 9.17) is 0 Å². The fourth-order valence-corrected chi connectivity index (χ4v) is 1.42. The Kier molecular flexibility index (Phi) is 7.05. The molecule has 0 aliphatic heterocycles. The minimum Gasteiger partial charge on any atom is -0.389 e. The quantitative estimate of drug-likeness (QED) is 0.393. The molecule has 0 bridgehead atoms. The lowest BCUT2D eigenvalue weighted by Gasteiger charge is -2.29. The molecular formula is C10H24N2O4. The van der Waals surface area contributed by atoms with Crippen LogP contribution in [0.5, 0.6) is 0 Å². The van der Waals surface area contributed by atoms with Crippen LogP contribution in [0.2, 0.25) is 0 Å². The normalized spacial score (nSPS) is 19.9. The van der Waals surface area contributed by atoms with Gasteiger partial charge in [-0.1, -0.05) is 0 Å². The van der Waals surface area contributed by atoms with Crippen LogP contribution in [0.1, 0.15) is 0 Å². The van der Waals surface area contributed by atoms with Gasteiger partial charge in [0.1, 0.15) is 12.2 Å². The van der Waals surface area contributed by atoms with Crippen LogP contribution in [0, 0.1) is 0 Å². The van der Waals surface area contributed by atoms with Crippen molar-refractivity contribution in [2.75, 3.05) is 41.3 Å². The summed E-state index contributed by atoms with van der Waals surface area (Å²) in [5, 5.41) is 38.4. The lowest BCUT2D eigenvalue weighted by Crippen LogP contribution is -2.50. The Hall–Kier alpha value is -0.240. The molecular weight excluding hydrogens is 212 g/mol.